The lowest BCUT2D eigenvalue weighted by Crippen LogP contribution is -2.60. The van der Waals surface area contributed by atoms with E-state index in [-0.39, 0.29) is 24.8 Å². The molecule has 0 bridgehead atoms. The molecule has 2 aliphatic heterocycles. The van der Waals surface area contributed by atoms with Gasteiger partial charge in [0.25, 0.3) is 5.91 Å². The summed E-state index contributed by atoms with van der Waals surface area (Å²) in [6.07, 6.45) is -0.336. The van der Waals surface area contributed by atoms with E-state index in [1.165, 1.54) is 21.9 Å². The second-order valence-corrected chi connectivity index (χ2v) is 6.67. The lowest BCUT2D eigenvalue weighted by atomic mass is 9.88. The van der Waals surface area contributed by atoms with Crippen LogP contribution in [0.15, 0.2) is 18.2 Å². The molecule has 0 saturated carbocycles. The number of amides is 2. The topological polar surface area (TPSA) is 70.1 Å². The molecule has 1 N–H and O–H groups in total. The number of rotatable bonds is 1. The molecule has 2 fully saturated rings. The van der Waals surface area contributed by atoms with Gasteiger partial charge in [0.15, 0.2) is 11.6 Å². The van der Waals surface area contributed by atoms with E-state index >= 15 is 0 Å². The first kappa shape index (κ1) is 17.6. The lowest BCUT2D eigenvalue weighted by molar-refractivity contribution is -0.159. The Labute approximate surface area is 144 Å². The average Bonchev–Trinajstić information content (AvgIpc) is 2.56. The molecule has 2 amide bonds. The smallest absolute Gasteiger partial charge is 0.407 e. The van der Waals surface area contributed by atoms with Crippen LogP contribution < -0.4 is 0 Å². The summed E-state index contributed by atoms with van der Waals surface area (Å²) in [4.78, 5) is 26.5. The largest absolute Gasteiger partial charge is 0.465 e. The second-order valence-electron chi connectivity index (χ2n) is 6.67. The third-order valence-corrected chi connectivity index (χ3v) is 4.82. The molecule has 3 rings (SSSR count). The number of hydrogen-bond acceptors (Lipinski definition) is 3. The van der Waals surface area contributed by atoms with Crippen molar-refractivity contribution in [2.45, 2.75) is 31.5 Å². The van der Waals surface area contributed by atoms with E-state index in [0.717, 1.165) is 6.07 Å². The summed E-state index contributed by atoms with van der Waals surface area (Å²) in [7, 11) is 0. The number of piperidine rings is 1. The molecular weight excluding hydrogens is 334 g/mol. The zero-order valence-corrected chi connectivity index (χ0v) is 13.9. The lowest BCUT2D eigenvalue weighted by Gasteiger charge is -2.49. The molecule has 136 valence electrons. The van der Waals surface area contributed by atoms with Gasteiger partial charge in [-0.25, -0.2) is 13.6 Å². The fourth-order valence-electron chi connectivity index (χ4n) is 3.60. The van der Waals surface area contributed by atoms with Crippen LogP contribution in [0.5, 0.6) is 0 Å². The molecule has 6 nitrogen and oxygen atoms in total. The van der Waals surface area contributed by atoms with Crippen molar-refractivity contribution >= 4 is 12.0 Å². The van der Waals surface area contributed by atoms with E-state index in [2.05, 4.69) is 0 Å². The molecule has 0 aromatic heterocycles. The van der Waals surface area contributed by atoms with E-state index in [0.29, 0.717) is 25.9 Å². The normalized spacial score (nSPS) is 22.9. The van der Waals surface area contributed by atoms with Crippen LogP contribution in [0.2, 0.25) is 0 Å². The predicted molar refractivity (Wildman–Crippen MR) is 84.4 cm³/mol. The number of ether oxygens (including phenoxy) is 1. The summed E-state index contributed by atoms with van der Waals surface area (Å²) < 4.78 is 33.4. The number of carbonyl (C=O) groups excluding carboxylic acids is 1. The Morgan fingerprint density at radius 3 is 2.56 bits per heavy atom. The standard InChI is InChI=1S/C17H20F2N2O4/c1-11-9-21(15(22)12-3-2-4-13(18)14(12)19)10-17(25-11)5-7-20(8-6-17)16(23)24/h2-4,11H,5-10H2,1H3,(H,23,24). The van der Waals surface area contributed by atoms with Crippen molar-refractivity contribution in [3.8, 4) is 0 Å². The SMILES string of the molecule is CC1CN(C(=O)c2cccc(F)c2F)CC2(CCN(C(=O)O)CC2)O1. The first-order valence-corrected chi connectivity index (χ1v) is 8.20. The van der Waals surface area contributed by atoms with Gasteiger partial charge in [-0.05, 0) is 31.9 Å². The zero-order chi connectivity index (χ0) is 18.2. The molecule has 8 heteroatoms. The van der Waals surface area contributed by atoms with E-state index in [1.807, 2.05) is 6.92 Å². The summed E-state index contributed by atoms with van der Waals surface area (Å²) in [6, 6.07) is 3.54. The maximum atomic E-state index is 14.0. The number of likely N-dealkylation sites (tertiary alicyclic amines) is 1. The summed E-state index contributed by atoms with van der Waals surface area (Å²) >= 11 is 0. The molecule has 2 aliphatic rings. The summed E-state index contributed by atoms with van der Waals surface area (Å²) in [5.74, 6) is -2.79. The van der Waals surface area contributed by atoms with Crippen LogP contribution in [0.25, 0.3) is 0 Å². The van der Waals surface area contributed by atoms with Gasteiger partial charge in [0, 0.05) is 19.6 Å². The number of carbonyl (C=O) groups is 2. The van der Waals surface area contributed by atoms with E-state index in [4.69, 9.17) is 9.84 Å². The van der Waals surface area contributed by atoms with Crippen LogP contribution in [-0.4, -0.2) is 64.8 Å². The Balaban J connectivity index is 1.78. The Kier molecular flexibility index (Phi) is 4.64. The van der Waals surface area contributed by atoms with Crippen molar-refractivity contribution in [2.75, 3.05) is 26.2 Å². The van der Waals surface area contributed by atoms with Gasteiger partial charge in [-0.15, -0.1) is 0 Å². The molecule has 0 radical (unpaired) electrons. The molecule has 1 atom stereocenters. The fraction of sp³-hybridized carbons (Fsp3) is 0.529. The highest BCUT2D eigenvalue weighted by Gasteiger charge is 2.44. The third-order valence-electron chi connectivity index (χ3n) is 4.82. The number of benzene rings is 1. The summed E-state index contributed by atoms with van der Waals surface area (Å²) in [5, 5.41) is 9.07. The Bertz CT molecular complexity index is 689. The van der Waals surface area contributed by atoms with E-state index in [1.54, 1.807) is 0 Å². The van der Waals surface area contributed by atoms with Crippen molar-refractivity contribution in [3.05, 3.63) is 35.4 Å². The zero-order valence-electron chi connectivity index (χ0n) is 13.9. The van der Waals surface area contributed by atoms with Crippen LogP contribution in [0, 0.1) is 11.6 Å². The van der Waals surface area contributed by atoms with Gasteiger partial charge < -0.3 is 19.6 Å². The predicted octanol–water partition coefficient (Wildman–Crippen LogP) is 2.34. The quantitative estimate of drug-likeness (QED) is 0.840. The van der Waals surface area contributed by atoms with Gasteiger partial charge in [0.2, 0.25) is 0 Å². The van der Waals surface area contributed by atoms with Crippen LogP contribution >= 0.6 is 0 Å². The van der Waals surface area contributed by atoms with Gasteiger partial charge in [-0.2, -0.15) is 0 Å². The highest BCUT2D eigenvalue weighted by Crippen LogP contribution is 2.33. The molecule has 25 heavy (non-hydrogen) atoms. The molecule has 1 spiro atoms. The number of morpholine rings is 1. The molecule has 1 aromatic rings. The number of carboxylic acid groups (broad SMARTS) is 1. The molecule has 2 saturated heterocycles. The van der Waals surface area contributed by atoms with Crippen LogP contribution in [0.1, 0.15) is 30.1 Å². The second kappa shape index (κ2) is 6.59. The molecular formula is C17H20F2N2O4. The highest BCUT2D eigenvalue weighted by molar-refractivity contribution is 5.94. The summed E-state index contributed by atoms with van der Waals surface area (Å²) in [6.45, 7) is 2.96. The van der Waals surface area contributed by atoms with E-state index < -0.39 is 29.2 Å². The first-order chi connectivity index (χ1) is 11.8. The highest BCUT2D eigenvalue weighted by atomic mass is 19.2. The van der Waals surface area contributed by atoms with Gasteiger partial charge in [-0.3, -0.25) is 4.79 Å². The van der Waals surface area contributed by atoms with Crippen molar-refractivity contribution in [3.63, 3.8) is 0 Å². The molecule has 1 unspecified atom stereocenters. The van der Waals surface area contributed by atoms with Crippen LogP contribution in [0.3, 0.4) is 0 Å². The summed E-state index contributed by atoms with van der Waals surface area (Å²) in [5.41, 5.74) is -0.949. The van der Waals surface area contributed by atoms with Crippen LogP contribution in [-0.2, 0) is 4.74 Å². The van der Waals surface area contributed by atoms with Crippen molar-refractivity contribution < 1.29 is 28.2 Å². The van der Waals surface area contributed by atoms with Gasteiger partial charge in [-0.1, -0.05) is 6.07 Å². The van der Waals surface area contributed by atoms with Crippen molar-refractivity contribution in [1.82, 2.24) is 9.80 Å². The van der Waals surface area contributed by atoms with Crippen molar-refractivity contribution in [2.24, 2.45) is 0 Å². The minimum Gasteiger partial charge on any atom is -0.465 e. The molecule has 1 aromatic carbocycles. The maximum absolute atomic E-state index is 14.0. The number of halogens is 2. The Hall–Kier alpha value is -2.22. The number of hydrogen-bond donors (Lipinski definition) is 1. The van der Waals surface area contributed by atoms with Crippen molar-refractivity contribution in [1.29, 1.82) is 0 Å². The third kappa shape index (κ3) is 3.44. The Morgan fingerprint density at radius 1 is 1.24 bits per heavy atom. The minimum absolute atomic E-state index is 0.236. The maximum Gasteiger partial charge on any atom is 0.407 e. The minimum atomic E-state index is -1.15. The van der Waals surface area contributed by atoms with Gasteiger partial charge >= 0.3 is 6.09 Å². The average molecular weight is 354 g/mol. The number of nitrogens with zero attached hydrogens (tertiary/aromatic N) is 2. The molecule has 0 aliphatic carbocycles. The van der Waals surface area contributed by atoms with Gasteiger partial charge in [0.1, 0.15) is 0 Å². The fourth-order valence-corrected chi connectivity index (χ4v) is 3.60. The first-order valence-electron chi connectivity index (χ1n) is 8.20. The van der Waals surface area contributed by atoms with Gasteiger partial charge in [0.05, 0.1) is 23.8 Å². The van der Waals surface area contributed by atoms with E-state index in [9.17, 15) is 18.4 Å². The Morgan fingerprint density at radius 2 is 1.92 bits per heavy atom. The van der Waals surface area contributed by atoms with Crippen LogP contribution in [0.4, 0.5) is 13.6 Å². The monoisotopic (exact) mass is 354 g/mol. The molecule has 2 heterocycles.